The Morgan fingerprint density at radius 1 is 1.39 bits per heavy atom. The van der Waals surface area contributed by atoms with Crippen molar-refractivity contribution < 1.29 is 12.8 Å². The number of rotatable bonds is 3. The van der Waals surface area contributed by atoms with Gasteiger partial charge in [-0.15, -0.1) is 11.6 Å². The van der Waals surface area contributed by atoms with E-state index in [-0.39, 0.29) is 11.4 Å². The standard InChI is InChI=1S/C11H14ClFN2O2S/c12-8-4-1-2-6-10(8)15-18(16,17)11-9(13)5-3-7-14-11/h3,5,7-8,10,15H,1-2,4,6H2. The quantitative estimate of drug-likeness (QED) is 0.868. The zero-order valence-corrected chi connectivity index (χ0v) is 11.2. The highest BCUT2D eigenvalue weighted by atomic mass is 35.5. The van der Waals surface area contributed by atoms with Gasteiger partial charge in [-0.2, -0.15) is 0 Å². The van der Waals surface area contributed by atoms with Gasteiger partial charge in [0, 0.05) is 17.6 Å². The lowest BCUT2D eigenvalue weighted by Crippen LogP contribution is -2.43. The molecule has 0 bridgehead atoms. The van der Waals surface area contributed by atoms with Crippen LogP contribution < -0.4 is 4.72 Å². The lowest BCUT2D eigenvalue weighted by atomic mass is 9.96. The van der Waals surface area contributed by atoms with Gasteiger partial charge in [0.15, 0.2) is 5.82 Å². The van der Waals surface area contributed by atoms with Gasteiger partial charge in [-0.25, -0.2) is 22.5 Å². The molecule has 1 aromatic heterocycles. The van der Waals surface area contributed by atoms with Crippen LogP contribution >= 0.6 is 11.6 Å². The van der Waals surface area contributed by atoms with Gasteiger partial charge in [0.05, 0.1) is 0 Å². The Bertz CT molecular complexity index is 524. The van der Waals surface area contributed by atoms with Gasteiger partial charge < -0.3 is 0 Å². The van der Waals surface area contributed by atoms with E-state index in [4.69, 9.17) is 11.6 Å². The molecule has 1 saturated carbocycles. The van der Waals surface area contributed by atoms with Gasteiger partial charge in [-0.1, -0.05) is 12.8 Å². The topological polar surface area (TPSA) is 59.1 Å². The Balaban J connectivity index is 2.19. The average Bonchev–Trinajstić information content (AvgIpc) is 2.32. The van der Waals surface area contributed by atoms with E-state index in [1.807, 2.05) is 0 Å². The minimum atomic E-state index is -3.94. The molecule has 100 valence electrons. The number of hydrogen-bond donors (Lipinski definition) is 1. The average molecular weight is 293 g/mol. The first-order chi connectivity index (χ1) is 8.50. The molecule has 0 amide bonds. The van der Waals surface area contributed by atoms with E-state index < -0.39 is 20.9 Å². The Kier molecular flexibility index (Phi) is 4.19. The summed E-state index contributed by atoms with van der Waals surface area (Å²) in [4.78, 5) is 3.57. The fourth-order valence-electron chi connectivity index (χ4n) is 2.04. The van der Waals surface area contributed by atoms with Gasteiger partial charge in [0.1, 0.15) is 0 Å². The number of alkyl halides is 1. The molecule has 1 aromatic rings. The third-order valence-corrected chi connectivity index (χ3v) is 4.91. The molecule has 0 saturated heterocycles. The molecule has 4 nitrogen and oxygen atoms in total. The van der Waals surface area contributed by atoms with E-state index >= 15 is 0 Å². The van der Waals surface area contributed by atoms with Crippen LogP contribution in [-0.2, 0) is 10.0 Å². The van der Waals surface area contributed by atoms with Crippen molar-refractivity contribution in [2.24, 2.45) is 0 Å². The molecule has 1 aliphatic carbocycles. The highest BCUT2D eigenvalue weighted by molar-refractivity contribution is 7.89. The van der Waals surface area contributed by atoms with Crippen molar-refractivity contribution in [3.05, 3.63) is 24.1 Å². The van der Waals surface area contributed by atoms with Crippen molar-refractivity contribution in [3.8, 4) is 0 Å². The van der Waals surface area contributed by atoms with Crippen molar-refractivity contribution in [2.45, 2.75) is 42.1 Å². The number of nitrogens with zero attached hydrogens (tertiary/aromatic N) is 1. The number of aromatic nitrogens is 1. The predicted molar refractivity (Wildman–Crippen MR) is 66.4 cm³/mol. The number of hydrogen-bond acceptors (Lipinski definition) is 3. The highest BCUT2D eigenvalue weighted by Gasteiger charge is 2.30. The summed E-state index contributed by atoms with van der Waals surface area (Å²) in [6.07, 6.45) is 4.59. The van der Waals surface area contributed by atoms with Crippen molar-refractivity contribution in [1.82, 2.24) is 9.71 Å². The molecule has 0 radical (unpaired) electrons. The first-order valence-corrected chi connectivity index (χ1v) is 7.69. The second-order valence-corrected chi connectivity index (χ2v) is 6.51. The fourth-order valence-corrected chi connectivity index (χ4v) is 3.78. The SMILES string of the molecule is O=S(=O)(NC1CCCCC1Cl)c1ncccc1F. The summed E-state index contributed by atoms with van der Waals surface area (Å²) in [6.45, 7) is 0. The van der Waals surface area contributed by atoms with Gasteiger partial charge in [-0.3, -0.25) is 0 Å². The summed E-state index contributed by atoms with van der Waals surface area (Å²) in [5.41, 5.74) is 0. The normalized spacial score (nSPS) is 25.0. The van der Waals surface area contributed by atoms with Crippen LogP contribution in [0.5, 0.6) is 0 Å². The van der Waals surface area contributed by atoms with Crippen molar-refractivity contribution in [2.75, 3.05) is 0 Å². The van der Waals surface area contributed by atoms with E-state index in [1.54, 1.807) is 0 Å². The number of pyridine rings is 1. The second-order valence-electron chi connectivity index (χ2n) is 4.32. The lowest BCUT2D eigenvalue weighted by molar-refractivity contribution is 0.416. The summed E-state index contributed by atoms with van der Waals surface area (Å²) < 4.78 is 39.9. The molecule has 2 rings (SSSR count). The van der Waals surface area contributed by atoms with Crippen LogP contribution in [0.4, 0.5) is 4.39 Å². The van der Waals surface area contributed by atoms with Crippen LogP contribution in [-0.4, -0.2) is 24.8 Å². The van der Waals surface area contributed by atoms with Gasteiger partial charge in [0.2, 0.25) is 5.03 Å². The van der Waals surface area contributed by atoms with E-state index in [2.05, 4.69) is 9.71 Å². The number of nitrogens with one attached hydrogen (secondary N) is 1. The molecule has 2 unspecified atom stereocenters. The van der Waals surface area contributed by atoms with Gasteiger partial charge >= 0.3 is 0 Å². The summed E-state index contributed by atoms with van der Waals surface area (Å²) in [7, 11) is -3.94. The molecule has 7 heteroatoms. The number of halogens is 2. The largest absolute Gasteiger partial charge is 0.261 e. The number of sulfonamides is 1. The van der Waals surface area contributed by atoms with Crippen LogP contribution in [0.25, 0.3) is 0 Å². The summed E-state index contributed by atoms with van der Waals surface area (Å²) in [6, 6.07) is 2.06. The monoisotopic (exact) mass is 292 g/mol. The van der Waals surface area contributed by atoms with E-state index in [0.29, 0.717) is 6.42 Å². The fraction of sp³-hybridized carbons (Fsp3) is 0.545. The van der Waals surface area contributed by atoms with Crippen molar-refractivity contribution in [1.29, 1.82) is 0 Å². The predicted octanol–water partition coefficient (Wildman–Crippen LogP) is 2.05. The molecule has 1 fully saturated rings. The Morgan fingerprint density at radius 3 is 2.78 bits per heavy atom. The van der Waals surface area contributed by atoms with Crippen LogP contribution in [0, 0.1) is 5.82 Å². The van der Waals surface area contributed by atoms with Gasteiger partial charge in [-0.05, 0) is 25.0 Å². The van der Waals surface area contributed by atoms with E-state index in [9.17, 15) is 12.8 Å². The maximum Gasteiger partial charge on any atom is 0.261 e. The zero-order valence-electron chi connectivity index (χ0n) is 9.64. The molecule has 0 aromatic carbocycles. The molecular weight excluding hydrogens is 279 g/mol. The van der Waals surface area contributed by atoms with Gasteiger partial charge in [0.25, 0.3) is 10.0 Å². The summed E-state index contributed by atoms with van der Waals surface area (Å²) >= 11 is 6.07. The van der Waals surface area contributed by atoms with Crippen LogP contribution in [0.1, 0.15) is 25.7 Å². The summed E-state index contributed by atoms with van der Waals surface area (Å²) in [5, 5.41) is -0.820. The Hall–Kier alpha value is -0.720. The maximum atomic E-state index is 13.4. The molecule has 1 aliphatic rings. The van der Waals surface area contributed by atoms with E-state index in [0.717, 1.165) is 25.3 Å². The first-order valence-electron chi connectivity index (χ1n) is 5.77. The van der Waals surface area contributed by atoms with Crippen LogP contribution in [0.15, 0.2) is 23.4 Å². The molecular formula is C11H14ClFN2O2S. The first kappa shape index (κ1) is 13.7. The van der Waals surface area contributed by atoms with Crippen LogP contribution in [0.3, 0.4) is 0 Å². The van der Waals surface area contributed by atoms with Crippen molar-refractivity contribution in [3.63, 3.8) is 0 Å². The Labute approximate surface area is 111 Å². The minimum absolute atomic E-state index is 0.250. The molecule has 1 N–H and O–H groups in total. The molecule has 18 heavy (non-hydrogen) atoms. The molecule has 1 heterocycles. The Morgan fingerprint density at radius 2 is 2.11 bits per heavy atom. The minimum Gasteiger partial charge on any atom is -0.241 e. The molecule has 0 spiro atoms. The maximum absolute atomic E-state index is 13.4. The van der Waals surface area contributed by atoms with Crippen LogP contribution in [0.2, 0.25) is 0 Å². The van der Waals surface area contributed by atoms with E-state index in [1.165, 1.54) is 12.3 Å². The lowest BCUT2D eigenvalue weighted by Gasteiger charge is -2.27. The third kappa shape index (κ3) is 2.99. The zero-order chi connectivity index (χ0) is 13.2. The van der Waals surface area contributed by atoms with Crippen molar-refractivity contribution >= 4 is 21.6 Å². The second kappa shape index (κ2) is 5.50. The summed E-state index contributed by atoms with van der Waals surface area (Å²) in [5.74, 6) is -0.855. The highest BCUT2D eigenvalue weighted by Crippen LogP contribution is 2.24. The smallest absolute Gasteiger partial charge is 0.241 e. The molecule has 2 atom stereocenters. The molecule has 0 aliphatic heterocycles. The third-order valence-electron chi connectivity index (χ3n) is 2.97.